The van der Waals surface area contributed by atoms with Crippen molar-refractivity contribution in [1.82, 2.24) is 0 Å². The maximum absolute atomic E-state index is 4.25. The van der Waals surface area contributed by atoms with E-state index < -0.39 is 0 Å². The Morgan fingerprint density at radius 2 is 2.06 bits per heavy atom. The number of amidine groups is 2. The maximum Gasteiger partial charge on any atom is 0.169 e. The van der Waals surface area contributed by atoms with E-state index in [1.54, 1.807) is 11.8 Å². The van der Waals surface area contributed by atoms with Crippen LogP contribution in [-0.2, 0) is 0 Å². The molecule has 1 aromatic rings. The fraction of sp³-hybridized carbons (Fsp3) is 0.167. The van der Waals surface area contributed by atoms with E-state index in [0.29, 0.717) is 5.84 Å². The van der Waals surface area contributed by atoms with E-state index >= 15 is 0 Å². The number of para-hydroxylation sites is 1. The Labute approximate surface area is 109 Å². The minimum absolute atomic E-state index is 0.190. The van der Waals surface area contributed by atoms with Gasteiger partial charge in [-0.25, -0.2) is 15.0 Å². The number of anilines is 1. The number of aliphatic imine (C=N–C) groups is 4. The average molecular weight is 257 g/mol. The molecule has 0 bridgehead atoms. The van der Waals surface area contributed by atoms with Crippen LogP contribution in [0.2, 0.25) is 0 Å². The molecule has 0 fully saturated rings. The van der Waals surface area contributed by atoms with Crippen molar-refractivity contribution < 1.29 is 0 Å². The predicted molar refractivity (Wildman–Crippen MR) is 77.5 cm³/mol. The van der Waals surface area contributed by atoms with Gasteiger partial charge in [0.05, 0.1) is 5.69 Å². The van der Waals surface area contributed by atoms with Gasteiger partial charge < -0.3 is 5.32 Å². The van der Waals surface area contributed by atoms with Gasteiger partial charge in [-0.15, -0.1) is 11.8 Å². The summed E-state index contributed by atoms with van der Waals surface area (Å²) >= 11 is 1.69. The number of rotatable bonds is 2. The second-order valence-electron chi connectivity index (χ2n) is 3.74. The van der Waals surface area contributed by atoms with E-state index in [2.05, 4.69) is 31.4 Å². The van der Waals surface area contributed by atoms with Crippen molar-refractivity contribution in [2.45, 2.75) is 10.9 Å². The van der Waals surface area contributed by atoms with E-state index in [4.69, 9.17) is 0 Å². The first kappa shape index (κ1) is 11.2. The molecule has 90 valence electrons. The van der Waals surface area contributed by atoms with Gasteiger partial charge in [0.25, 0.3) is 0 Å². The van der Waals surface area contributed by atoms with Crippen molar-refractivity contribution >= 4 is 41.8 Å². The van der Waals surface area contributed by atoms with E-state index in [1.807, 2.05) is 24.5 Å². The molecule has 0 saturated heterocycles. The molecule has 2 heterocycles. The highest BCUT2D eigenvalue weighted by Gasteiger charge is 2.26. The van der Waals surface area contributed by atoms with Crippen molar-refractivity contribution in [3.63, 3.8) is 0 Å². The van der Waals surface area contributed by atoms with Crippen LogP contribution < -0.4 is 5.32 Å². The Bertz CT molecular complexity index is 588. The van der Waals surface area contributed by atoms with Crippen LogP contribution in [0.15, 0.2) is 49.1 Å². The number of nitrogens with zero attached hydrogens (tertiary/aromatic N) is 4. The lowest BCUT2D eigenvalue weighted by Crippen LogP contribution is -2.33. The van der Waals surface area contributed by atoms with Crippen LogP contribution in [0.25, 0.3) is 0 Å². The molecule has 3 rings (SSSR count). The van der Waals surface area contributed by atoms with Gasteiger partial charge in [0, 0.05) is 4.90 Å². The topological polar surface area (TPSA) is 61.5 Å². The third-order valence-corrected chi connectivity index (χ3v) is 3.46. The van der Waals surface area contributed by atoms with Crippen molar-refractivity contribution in [3.8, 4) is 0 Å². The van der Waals surface area contributed by atoms with E-state index in [0.717, 1.165) is 11.5 Å². The molecule has 1 N–H and O–H groups in total. The van der Waals surface area contributed by atoms with Crippen LogP contribution in [0.5, 0.6) is 0 Å². The molecule has 5 nitrogen and oxygen atoms in total. The second-order valence-corrected chi connectivity index (χ2v) is 4.59. The number of thioether (sulfide) groups is 1. The Kier molecular flexibility index (Phi) is 2.93. The summed E-state index contributed by atoms with van der Waals surface area (Å²) in [7, 11) is 0. The predicted octanol–water partition coefficient (Wildman–Crippen LogP) is 2.07. The zero-order chi connectivity index (χ0) is 12.4. The molecule has 0 aromatic heterocycles. The van der Waals surface area contributed by atoms with Gasteiger partial charge in [-0.3, -0.25) is 4.99 Å². The summed E-state index contributed by atoms with van der Waals surface area (Å²) in [6.07, 6.45) is 5.08. The molecule has 0 radical (unpaired) electrons. The van der Waals surface area contributed by atoms with Crippen LogP contribution in [-0.4, -0.2) is 36.6 Å². The summed E-state index contributed by atoms with van der Waals surface area (Å²) in [6.45, 7) is 0. The van der Waals surface area contributed by atoms with Crippen LogP contribution in [0, 0.1) is 0 Å². The van der Waals surface area contributed by atoms with Gasteiger partial charge in [-0.1, -0.05) is 12.1 Å². The first-order chi connectivity index (χ1) is 8.88. The van der Waals surface area contributed by atoms with Crippen LogP contribution in [0.1, 0.15) is 0 Å². The Hall–Kier alpha value is -1.95. The number of benzene rings is 1. The highest BCUT2D eigenvalue weighted by Crippen LogP contribution is 2.25. The fourth-order valence-electron chi connectivity index (χ4n) is 1.80. The monoisotopic (exact) mass is 257 g/mol. The number of hydrogen-bond donors (Lipinski definition) is 1. The van der Waals surface area contributed by atoms with Crippen molar-refractivity contribution in [2.24, 2.45) is 20.0 Å². The molecule has 1 aromatic carbocycles. The normalized spacial score (nSPS) is 20.4. The molecule has 1 unspecified atom stereocenters. The molecule has 0 saturated carbocycles. The van der Waals surface area contributed by atoms with E-state index in [1.165, 1.54) is 17.6 Å². The summed E-state index contributed by atoms with van der Waals surface area (Å²) in [5.74, 6) is 1.45. The SMILES string of the molecule is CSc1ccccc1NC1=NC=NC2=NC=NC21. The zero-order valence-electron chi connectivity index (χ0n) is 9.74. The molecule has 2 aliphatic rings. The second kappa shape index (κ2) is 4.73. The van der Waals surface area contributed by atoms with Crippen LogP contribution >= 0.6 is 11.8 Å². The molecular formula is C12H11N5S. The van der Waals surface area contributed by atoms with Gasteiger partial charge >= 0.3 is 0 Å². The van der Waals surface area contributed by atoms with E-state index in [-0.39, 0.29) is 6.04 Å². The molecule has 0 spiro atoms. The van der Waals surface area contributed by atoms with E-state index in [9.17, 15) is 0 Å². The molecule has 18 heavy (non-hydrogen) atoms. The van der Waals surface area contributed by atoms with Crippen LogP contribution in [0.4, 0.5) is 5.69 Å². The molecular weight excluding hydrogens is 246 g/mol. The first-order valence-electron chi connectivity index (χ1n) is 5.48. The van der Waals surface area contributed by atoms with Gasteiger partial charge in [-0.2, -0.15) is 0 Å². The molecule has 1 atom stereocenters. The standard InChI is InChI=1S/C12H11N5S/c1-18-9-5-3-2-4-8(9)17-12-10-11(14-6-13-10)15-7-16-12/h2-7,10H,1H3,(H,13,14,15,16,17). The van der Waals surface area contributed by atoms with Crippen molar-refractivity contribution in [1.29, 1.82) is 0 Å². The first-order valence-corrected chi connectivity index (χ1v) is 6.70. The molecule has 6 heteroatoms. The fourth-order valence-corrected chi connectivity index (χ4v) is 2.35. The zero-order valence-corrected chi connectivity index (χ0v) is 10.6. The van der Waals surface area contributed by atoms with Gasteiger partial charge in [0.1, 0.15) is 18.5 Å². The Morgan fingerprint density at radius 3 is 2.94 bits per heavy atom. The number of fused-ring (bicyclic) bond motifs is 1. The van der Waals surface area contributed by atoms with Gasteiger partial charge in [-0.05, 0) is 18.4 Å². The minimum atomic E-state index is -0.190. The summed E-state index contributed by atoms with van der Waals surface area (Å²) in [5, 5.41) is 3.32. The minimum Gasteiger partial charge on any atom is -0.341 e. The average Bonchev–Trinajstić information content (AvgIpc) is 2.89. The quantitative estimate of drug-likeness (QED) is 0.824. The summed E-state index contributed by atoms with van der Waals surface area (Å²) < 4.78 is 0. The number of hydrogen-bond acceptors (Lipinski definition) is 6. The molecule has 0 amide bonds. The number of nitrogens with one attached hydrogen (secondary N) is 1. The lowest BCUT2D eigenvalue weighted by molar-refractivity contribution is 1.13. The summed E-state index contributed by atoms with van der Waals surface area (Å²) in [5.41, 5.74) is 1.03. The van der Waals surface area contributed by atoms with Gasteiger partial charge in [0.2, 0.25) is 0 Å². The largest absolute Gasteiger partial charge is 0.341 e. The van der Waals surface area contributed by atoms with Crippen molar-refractivity contribution in [2.75, 3.05) is 11.6 Å². The summed E-state index contributed by atoms with van der Waals surface area (Å²) in [6, 6.07) is 7.91. The van der Waals surface area contributed by atoms with Crippen LogP contribution in [0.3, 0.4) is 0 Å². The third kappa shape index (κ3) is 1.95. The maximum atomic E-state index is 4.25. The molecule has 2 aliphatic heterocycles. The lowest BCUT2D eigenvalue weighted by atomic mass is 10.2. The smallest absolute Gasteiger partial charge is 0.169 e. The summed E-state index contributed by atoms with van der Waals surface area (Å²) in [4.78, 5) is 17.9. The highest BCUT2D eigenvalue weighted by atomic mass is 32.2. The Morgan fingerprint density at radius 1 is 1.17 bits per heavy atom. The van der Waals surface area contributed by atoms with Crippen molar-refractivity contribution in [3.05, 3.63) is 24.3 Å². The Balaban J connectivity index is 1.89. The molecule has 0 aliphatic carbocycles. The van der Waals surface area contributed by atoms with Gasteiger partial charge in [0.15, 0.2) is 11.9 Å². The third-order valence-electron chi connectivity index (χ3n) is 2.67. The highest BCUT2D eigenvalue weighted by molar-refractivity contribution is 7.98. The lowest BCUT2D eigenvalue weighted by Gasteiger charge is -2.17.